The molecule has 1 aliphatic rings. The summed E-state index contributed by atoms with van der Waals surface area (Å²) < 4.78 is 5.45. The van der Waals surface area contributed by atoms with Crippen molar-refractivity contribution in [3.63, 3.8) is 0 Å². The quantitative estimate of drug-likeness (QED) is 0.836. The zero-order chi connectivity index (χ0) is 15.4. The largest absolute Gasteiger partial charge is 0.545 e. The van der Waals surface area contributed by atoms with Crippen molar-refractivity contribution >= 4 is 11.9 Å². The minimum absolute atomic E-state index is 0.0284. The van der Waals surface area contributed by atoms with Gasteiger partial charge in [0.25, 0.3) is 5.91 Å². The SMILES string of the molecule is C[C@@H]1CCC[C@H](C)N1C(=O)COc1ccc(C(=O)[O-])cc1. The zero-order valence-electron chi connectivity index (χ0n) is 12.4. The summed E-state index contributed by atoms with van der Waals surface area (Å²) >= 11 is 0. The van der Waals surface area contributed by atoms with Crippen molar-refractivity contribution in [2.24, 2.45) is 0 Å². The fourth-order valence-corrected chi connectivity index (χ4v) is 2.82. The molecule has 5 nitrogen and oxygen atoms in total. The standard InChI is InChI=1S/C16H21NO4/c1-11-4-3-5-12(2)17(11)15(18)10-21-14-8-6-13(7-9-14)16(19)20/h6-9,11-12H,3-5,10H2,1-2H3,(H,19,20)/p-1/t11-,12+. The number of ether oxygens (including phenoxy) is 1. The summed E-state index contributed by atoms with van der Waals surface area (Å²) in [5.74, 6) is -0.780. The molecular formula is C16H20NO4-. The Morgan fingerprint density at radius 1 is 1.19 bits per heavy atom. The van der Waals surface area contributed by atoms with Gasteiger partial charge in [-0.05, 0) is 62.9 Å². The third-order valence-electron chi connectivity index (χ3n) is 3.93. The average molecular weight is 290 g/mol. The lowest BCUT2D eigenvalue weighted by molar-refractivity contribution is -0.255. The number of hydrogen-bond acceptors (Lipinski definition) is 4. The maximum atomic E-state index is 12.3. The third kappa shape index (κ3) is 3.74. The van der Waals surface area contributed by atoms with Crippen LogP contribution in [0.5, 0.6) is 5.75 Å². The molecule has 1 aromatic rings. The second kappa shape index (κ2) is 6.61. The molecule has 2 rings (SSSR count). The maximum absolute atomic E-state index is 12.3. The van der Waals surface area contributed by atoms with E-state index in [4.69, 9.17) is 4.74 Å². The van der Waals surface area contributed by atoms with E-state index in [-0.39, 0.29) is 30.2 Å². The molecule has 0 N–H and O–H groups in total. The number of benzene rings is 1. The first-order valence-corrected chi connectivity index (χ1v) is 7.24. The summed E-state index contributed by atoms with van der Waals surface area (Å²) in [6, 6.07) is 6.35. The van der Waals surface area contributed by atoms with Crippen LogP contribution < -0.4 is 9.84 Å². The summed E-state index contributed by atoms with van der Waals surface area (Å²) in [4.78, 5) is 24.8. The third-order valence-corrected chi connectivity index (χ3v) is 3.93. The van der Waals surface area contributed by atoms with Crippen LogP contribution in [0.25, 0.3) is 0 Å². The van der Waals surface area contributed by atoms with Gasteiger partial charge in [-0.1, -0.05) is 0 Å². The van der Waals surface area contributed by atoms with Crippen molar-refractivity contribution in [2.75, 3.05) is 6.61 Å². The summed E-state index contributed by atoms with van der Waals surface area (Å²) in [5.41, 5.74) is 0.0898. The molecule has 0 aliphatic carbocycles. The number of carboxylic acid groups (broad SMARTS) is 1. The van der Waals surface area contributed by atoms with E-state index >= 15 is 0 Å². The lowest BCUT2D eigenvalue weighted by Crippen LogP contribution is -2.49. The number of likely N-dealkylation sites (tertiary alicyclic amines) is 1. The Morgan fingerprint density at radius 2 is 1.76 bits per heavy atom. The number of hydrogen-bond donors (Lipinski definition) is 0. The Labute approximate surface area is 124 Å². The van der Waals surface area contributed by atoms with Gasteiger partial charge in [0, 0.05) is 12.1 Å². The highest BCUT2D eigenvalue weighted by Crippen LogP contribution is 2.22. The fourth-order valence-electron chi connectivity index (χ4n) is 2.82. The van der Waals surface area contributed by atoms with Gasteiger partial charge in [-0.25, -0.2) is 0 Å². The summed E-state index contributed by atoms with van der Waals surface area (Å²) in [6.45, 7) is 4.09. The predicted octanol–water partition coefficient (Wildman–Crippen LogP) is 1.22. The van der Waals surface area contributed by atoms with Gasteiger partial charge in [0.15, 0.2) is 6.61 Å². The molecule has 0 saturated carbocycles. The van der Waals surface area contributed by atoms with E-state index in [1.165, 1.54) is 24.3 Å². The van der Waals surface area contributed by atoms with Crippen LogP contribution in [0.2, 0.25) is 0 Å². The van der Waals surface area contributed by atoms with Crippen LogP contribution in [0.1, 0.15) is 43.5 Å². The molecular weight excluding hydrogens is 270 g/mol. The van der Waals surface area contributed by atoms with Gasteiger partial charge >= 0.3 is 0 Å². The van der Waals surface area contributed by atoms with Crippen LogP contribution in [0, 0.1) is 0 Å². The van der Waals surface area contributed by atoms with Gasteiger partial charge in [-0.3, -0.25) is 4.79 Å². The van der Waals surface area contributed by atoms with Crippen LogP contribution in [0.3, 0.4) is 0 Å². The number of carbonyl (C=O) groups is 2. The molecule has 0 spiro atoms. The molecule has 0 radical (unpaired) electrons. The normalized spacial score (nSPS) is 21.9. The van der Waals surface area contributed by atoms with Crippen LogP contribution >= 0.6 is 0 Å². The summed E-state index contributed by atoms with van der Waals surface area (Å²) in [6.07, 6.45) is 3.20. The monoisotopic (exact) mass is 290 g/mol. The van der Waals surface area contributed by atoms with E-state index in [9.17, 15) is 14.7 Å². The number of carboxylic acids is 1. The first-order chi connectivity index (χ1) is 9.99. The van der Waals surface area contributed by atoms with Crippen LogP contribution in [0.15, 0.2) is 24.3 Å². The highest BCUT2D eigenvalue weighted by Gasteiger charge is 2.28. The van der Waals surface area contributed by atoms with E-state index in [2.05, 4.69) is 13.8 Å². The Hall–Kier alpha value is -2.04. The van der Waals surface area contributed by atoms with Gasteiger partial charge in [0.05, 0.1) is 5.97 Å². The number of rotatable bonds is 4. The van der Waals surface area contributed by atoms with Crippen LogP contribution in [0.4, 0.5) is 0 Å². The Morgan fingerprint density at radius 3 is 2.29 bits per heavy atom. The molecule has 21 heavy (non-hydrogen) atoms. The number of carbonyl (C=O) groups excluding carboxylic acids is 2. The molecule has 0 bridgehead atoms. The summed E-state index contributed by atoms with van der Waals surface area (Å²) in [7, 11) is 0. The van der Waals surface area contributed by atoms with Gasteiger partial charge in [0.2, 0.25) is 0 Å². The van der Waals surface area contributed by atoms with Gasteiger partial charge < -0.3 is 19.5 Å². The average Bonchev–Trinajstić information content (AvgIpc) is 2.45. The van der Waals surface area contributed by atoms with Crippen molar-refractivity contribution in [2.45, 2.75) is 45.2 Å². The van der Waals surface area contributed by atoms with E-state index in [0.29, 0.717) is 5.75 Å². The minimum atomic E-state index is -1.23. The van der Waals surface area contributed by atoms with E-state index in [0.717, 1.165) is 19.3 Å². The van der Waals surface area contributed by atoms with Crippen molar-refractivity contribution < 1.29 is 19.4 Å². The van der Waals surface area contributed by atoms with Crippen molar-refractivity contribution in [1.29, 1.82) is 0 Å². The van der Waals surface area contributed by atoms with Crippen molar-refractivity contribution in [1.82, 2.24) is 4.90 Å². The number of aromatic carboxylic acids is 1. The molecule has 1 fully saturated rings. The second-order valence-corrected chi connectivity index (χ2v) is 5.53. The highest BCUT2D eigenvalue weighted by atomic mass is 16.5. The molecule has 0 unspecified atom stereocenters. The molecule has 1 aromatic carbocycles. The molecule has 1 aliphatic heterocycles. The highest BCUT2D eigenvalue weighted by molar-refractivity contribution is 5.85. The Kier molecular flexibility index (Phi) is 4.83. The Balaban J connectivity index is 1.92. The molecule has 1 amide bonds. The lowest BCUT2D eigenvalue weighted by atomic mass is 9.97. The molecule has 1 heterocycles. The maximum Gasteiger partial charge on any atom is 0.260 e. The first-order valence-electron chi connectivity index (χ1n) is 7.24. The lowest BCUT2D eigenvalue weighted by Gasteiger charge is -2.38. The molecule has 1 saturated heterocycles. The first kappa shape index (κ1) is 15.4. The topological polar surface area (TPSA) is 69.7 Å². The number of nitrogens with zero attached hydrogens (tertiary/aromatic N) is 1. The smallest absolute Gasteiger partial charge is 0.260 e. The predicted molar refractivity (Wildman–Crippen MR) is 75.9 cm³/mol. The van der Waals surface area contributed by atoms with Gasteiger partial charge in [-0.2, -0.15) is 0 Å². The minimum Gasteiger partial charge on any atom is -0.545 e. The van der Waals surface area contributed by atoms with E-state index in [1.807, 2.05) is 4.90 Å². The molecule has 5 heteroatoms. The molecule has 114 valence electrons. The molecule has 0 aromatic heterocycles. The molecule has 2 atom stereocenters. The zero-order valence-corrected chi connectivity index (χ0v) is 12.4. The van der Waals surface area contributed by atoms with Crippen LogP contribution in [-0.2, 0) is 4.79 Å². The summed E-state index contributed by atoms with van der Waals surface area (Å²) in [5, 5.41) is 10.6. The van der Waals surface area contributed by atoms with Crippen LogP contribution in [-0.4, -0.2) is 35.5 Å². The van der Waals surface area contributed by atoms with Crippen molar-refractivity contribution in [3.05, 3.63) is 29.8 Å². The van der Waals surface area contributed by atoms with Gasteiger partial charge in [0.1, 0.15) is 5.75 Å². The van der Waals surface area contributed by atoms with E-state index in [1.54, 1.807) is 0 Å². The van der Waals surface area contributed by atoms with Gasteiger partial charge in [-0.15, -0.1) is 0 Å². The van der Waals surface area contributed by atoms with E-state index < -0.39 is 5.97 Å². The second-order valence-electron chi connectivity index (χ2n) is 5.53. The fraction of sp³-hybridized carbons (Fsp3) is 0.500. The number of piperidine rings is 1. The Bertz CT molecular complexity index is 502. The van der Waals surface area contributed by atoms with Crippen molar-refractivity contribution in [3.8, 4) is 5.75 Å². The number of amides is 1.